The summed E-state index contributed by atoms with van der Waals surface area (Å²) in [5, 5.41) is 20.5. The van der Waals surface area contributed by atoms with E-state index in [2.05, 4.69) is 5.32 Å². The number of esters is 1. The van der Waals surface area contributed by atoms with Crippen LogP contribution in [0.5, 0.6) is 5.75 Å². The third-order valence-corrected chi connectivity index (χ3v) is 5.62. The number of benzene rings is 2. The predicted octanol–water partition coefficient (Wildman–Crippen LogP) is 1.08. The van der Waals surface area contributed by atoms with Gasteiger partial charge in [-0.05, 0) is 42.0 Å². The highest BCUT2D eigenvalue weighted by atomic mass is 16.6. The molecule has 7 N–H and O–H groups in total. The van der Waals surface area contributed by atoms with Gasteiger partial charge in [0.2, 0.25) is 0 Å². The minimum atomic E-state index is -1.21. The minimum Gasteiger partial charge on any atom is -0.481 e. The van der Waals surface area contributed by atoms with Crippen molar-refractivity contribution in [2.75, 3.05) is 71.3 Å². The van der Waals surface area contributed by atoms with Crippen molar-refractivity contribution in [3.63, 3.8) is 0 Å². The summed E-state index contributed by atoms with van der Waals surface area (Å²) >= 11 is 0. The summed E-state index contributed by atoms with van der Waals surface area (Å²) in [7, 11) is 0. The number of carbonyl (C=O) groups is 4. The Morgan fingerprint density at radius 1 is 0.733 bits per heavy atom. The maximum Gasteiger partial charge on any atom is 0.410 e. The second-order valence-corrected chi connectivity index (χ2v) is 9.24. The molecule has 0 saturated heterocycles. The number of nitrogens with one attached hydrogen (secondary N) is 1. The highest BCUT2D eigenvalue weighted by molar-refractivity contribution is 5.91. The number of carbonyl (C=O) groups excluding carboxylic acids is 2. The molecule has 16 heteroatoms. The van der Waals surface area contributed by atoms with E-state index in [9.17, 15) is 19.2 Å². The lowest BCUT2D eigenvalue weighted by Gasteiger charge is -2.20. The molecule has 0 radical (unpaired) electrons. The van der Waals surface area contributed by atoms with Gasteiger partial charge < -0.3 is 44.0 Å². The largest absolute Gasteiger partial charge is 0.481 e. The molecule has 2 rings (SSSR count). The lowest BCUT2D eigenvalue weighted by molar-refractivity contribution is -0.139. The van der Waals surface area contributed by atoms with E-state index in [0.29, 0.717) is 36.6 Å². The zero-order valence-corrected chi connectivity index (χ0v) is 24.8. The summed E-state index contributed by atoms with van der Waals surface area (Å²) < 4.78 is 31.8. The zero-order chi connectivity index (χ0) is 32.9. The number of nitrogens with zero attached hydrogens (tertiary/aromatic N) is 1. The van der Waals surface area contributed by atoms with E-state index in [1.807, 2.05) is 0 Å². The Kier molecular flexibility index (Phi) is 17.5. The second-order valence-electron chi connectivity index (χ2n) is 9.24. The molecule has 0 aliphatic rings. The van der Waals surface area contributed by atoms with E-state index in [4.69, 9.17) is 50.1 Å². The highest BCUT2D eigenvalue weighted by Gasteiger charge is 2.18. The predicted molar refractivity (Wildman–Crippen MR) is 159 cm³/mol. The number of carboxylic acids is 2. The SMILES string of the molecule is NC(N)Nc1ccc(C(=O)Oc2ccc(COC(=O)N(CCOCCOCCOCCOCCC(=O)O)CC(=O)O)cc2)cc1. The fourth-order valence-electron chi connectivity index (χ4n) is 3.45. The van der Waals surface area contributed by atoms with E-state index in [-0.39, 0.29) is 58.4 Å². The molecule has 0 heterocycles. The van der Waals surface area contributed by atoms with E-state index < -0.39 is 36.8 Å². The molecule has 0 aromatic heterocycles. The molecule has 0 spiro atoms. The zero-order valence-electron chi connectivity index (χ0n) is 24.8. The van der Waals surface area contributed by atoms with Crippen molar-refractivity contribution in [2.24, 2.45) is 11.5 Å². The monoisotopic (exact) mass is 636 g/mol. The maximum absolute atomic E-state index is 12.5. The van der Waals surface area contributed by atoms with E-state index >= 15 is 0 Å². The van der Waals surface area contributed by atoms with Crippen LogP contribution < -0.4 is 21.5 Å². The lowest BCUT2D eigenvalue weighted by atomic mass is 10.2. The van der Waals surface area contributed by atoms with Gasteiger partial charge in [-0.1, -0.05) is 12.1 Å². The van der Waals surface area contributed by atoms with Crippen molar-refractivity contribution < 1.29 is 57.8 Å². The number of anilines is 1. The smallest absolute Gasteiger partial charge is 0.410 e. The van der Waals surface area contributed by atoms with Gasteiger partial charge in [-0.25, -0.2) is 9.59 Å². The van der Waals surface area contributed by atoms with Crippen LogP contribution in [-0.2, 0) is 39.9 Å². The Morgan fingerprint density at radius 2 is 1.29 bits per heavy atom. The average Bonchev–Trinajstić information content (AvgIpc) is 2.99. The van der Waals surface area contributed by atoms with Gasteiger partial charge in [-0.15, -0.1) is 0 Å². The highest BCUT2D eigenvalue weighted by Crippen LogP contribution is 2.17. The van der Waals surface area contributed by atoms with Gasteiger partial charge in [0.25, 0.3) is 0 Å². The number of aliphatic carboxylic acids is 2. The van der Waals surface area contributed by atoms with Crippen LogP contribution in [0.3, 0.4) is 0 Å². The normalized spacial score (nSPS) is 10.8. The van der Waals surface area contributed by atoms with Crippen molar-refractivity contribution in [3.05, 3.63) is 59.7 Å². The van der Waals surface area contributed by atoms with Gasteiger partial charge in [0.1, 0.15) is 25.2 Å². The van der Waals surface area contributed by atoms with Gasteiger partial charge in [-0.3, -0.25) is 26.0 Å². The van der Waals surface area contributed by atoms with Gasteiger partial charge in [0, 0.05) is 12.2 Å². The number of carboxylic acid groups (broad SMARTS) is 2. The van der Waals surface area contributed by atoms with Crippen molar-refractivity contribution >= 4 is 29.7 Å². The number of ether oxygens (including phenoxy) is 6. The number of rotatable bonds is 23. The van der Waals surface area contributed by atoms with Crippen molar-refractivity contribution in [2.45, 2.75) is 19.3 Å². The third-order valence-electron chi connectivity index (χ3n) is 5.62. The summed E-state index contributed by atoms with van der Waals surface area (Å²) in [5.41, 5.74) is 12.5. The van der Waals surface area contributed by atoms with Crippen molar-refractivity contribution in [3.8, 4) is 5.75 Å². The first-order valence-electron chi connectivity index (χ1n) is 14.0. The van der Waals surface area contributed by atoms with E-state index in [1.54, 1.807) is 48.5 Å². The third kappa shape index (κ3) is 16.9. The van der Waals surface area contributed by atoms with E-state index in [1.165, 1.54) is 0 Å². The minimum absolute atomic E-state index is 0.0128. The molecule has 248 valence electrons. The molecule has 0 fully saturated rings. The summed E-state index contributed by atoms with van der Waals surface area (Å²) in [5.74, 6) is -2.42. The molecule has 0 unspecified atom stereocenters. The first-order valence-corrected chi connectivity index (χ1v) is 14.0. The van der Waals surface area contributed by atoms with Gasteiger partial charge in [0.15, 0.2) is 0 Å². The van der Waals surface area contributed by atoms with Crippen LogP contribution in [0.15, 0.2) is 48.5 Å². The molecular formula is C29H40N4O12. The topological polar surface area (TPSA) is 231 Å². The number of hydrogen-bond acceptors (Lipinski definition) is 13. The fourth-order valence-corrected chi connectivity index (χ4v) is 3.45. The molecule has 0 atom stereocenters. The molecule has 45 heavy (non-hydrogen) atoms. The fraction of sp³-hybridized carbons (Fsp3) is 0.448. The lowest BCUT2D eigenvalue weighted by Crippen LogP contribution is -2.38. The quantitative estimate of drug-likeness (QED) is 0.0497. The first-order chi connectivity index (χ1) is 21.6. The number of hydrogen-bond donors (Lipinski definition) is 5. The second kappa shape index (κ2) is 21.4. The maximum atomic E-state index is 12.5. The van der Waals surface area contributed by atoms with Crippen LogP contribution in [0, 0.1) is 0 Å². The Balaban J connectivity index is 1.63. The standard InChI is InChI=1S/C29H40N4O12/c30-28(31)32-23-5-3-22(4-6-23)27(38)45-24-7-1-21(2-8-24)20-44-29(39)33(19-26(36)37)10-12-41-14-16-43-18-17-42-15-13-40-11-9-25(34)35/h1-8,28,32H,9-20,30-31H2,(H,34,35)(H,36,37). The number of nitrogens with two attached hydrogens (primary N) is 2. The molecule has 0 bridgehead atoms. The van der Waals surface area contributed by atoms with Crippen LogP contribution in [0.25, 0.3) is 0 Å². The summed E-state index contributed by atoms with van der Waals surface area (Å²) in [4.78, 5) is 47.5. The Hall–Kier alpha value is -4.32. The molecule has 0 saturated carbocycles. The summed E-state index contributed by atoms with van der Waals surface area (Å²) in [6, 6.07) is 12.7. The van der Waals surface area contributed by atoms with Crippen LogP contribution in [0.4, 0.5) is 10.5 Å². The molecule has 0 aliphatic carbocycles. The summed E-state index contributed by atoms with van der Waals surface area (Å²) in [6.07, 6.45) is -1.62. The Bertz CT molecular complexity index is 1180. The molecule has 16 nitrogen and oxygen atoms in total. The average molecular weight is 637 g/mol. The molecule has 0 aliphatic heterocycles. The molecule has 2 aromatic rings. The number of amides is 1. The first kappa shape index (κ1) is 36.9. The Morgan fingerprint density at radius 3 is 1.82 bits per heavy atom. The van der Waals surface area contributed by atoms with Crippen molar-refractivity contribution in [1.29, 1.82) is 0 Å². The van der Waals surface area contributed by atoms with Crippen LogP contribution in [0.2, 0.25) is 0 Å². The van der Waals surface area contributed by atoms with Crippen molar-refractivity contribution in [1.82, 2.24) is 4.90 Å². The Labute approximate surface area is 260 Å². The molecule has 1 amide bonds. The van der Waals surface area contributed by atoms with Crippen LogP contribution >= 0.6 is 0 Å². The van der Waals surface area contributed by atoms with E-state index in [0.717, 1.165) is 4.90 Å². The van der Waals surface area contributed by atoms with Crippen LogP contribution in [0.1, 0.15) is 22.3 Å². The van der Waals surface area contributed by atoms with Gasteiger partial charge >= 0.3 is 24.0 Å². The molecular weight excluding hydrogens is 596 g/mol. The van der Waals surface area contributed by atoms with Gasteiger partial charge in [-0.2, -0.15) is 0 Å². The van der Waals surface area contributed by atoms with Gasteiger partial charge in [0.05, 0.1) is 64.8 Å². The molecule has 2 aromatic carbocycles. The van der Waals surface area contributed by atoms with Crippen LogP contribution in [-0.4, -0.2) is 111 Å². The summed E-state index contributed by atoms with van der Waals surface area (Å²) in [6.45, 7) is 1.21.